The first-order valence-electron chi connectivity index (χ1n) is 7.70. The Balaban J connectivity index is 2.00. The maximum absolute atomic E-state index is 6.21. The number of ether oxygens (including phenoxy) is 1. The summed E-state index contributed by atoms with van der Waals surface area (Å²) in [6, 6.07) is 7.88. The van der Waals surface area contributed by atoms with Gasteiger partial charge < -0.3 is 15.5 Å². The van der Waals surface area contributed by atoms with Crippen molar-refractivity contribution in [1.29, 1.82) is 0 Å². The maximum Gasteiger partial charge on any atom is 0.123 e. The first-order valence-corrected chi connectivity index (χ1v) is 7.70. The molecule has 0 aliphatic heterocycles. The second kappa shape index (κ2) is 7.84. The van der Waals surface area contributed by atoms with Gasteiger partial charge in [0.2, 0.25) is 0 Å². The van der Waals surface area contributed by atoms with Crippen LogP contribution in [0.5, 0.6) is 5.75 Å². The zero-order valence-electron chi connectivity index (χ0n) is 12.9. The number of nitrogens with two attached hydrogens (primary N) is 1. The van der Waals surface area contributed by atoms with Crippen LogP contribution in [-0.2, 0) is 0 Å². The molecule has 2 rings (SSSR count). The van der Waals surface area contributed by atoms with Crippen LogP contribution in [0.4, 0.5) is 0 Å². The topological polar surface area (TPSA) is 63.9 Å². The minimum Gasteiger partial charge on any atom is -0.497 e. The van der Waals surface area contributed by atoms with Crippen molar-refractivity contribution < 1.29 is 4.74 Å². The van der Waals surface area contributed by atoms with Crippen molar-refractivity contribution in [2.24, 2.45) is 5.73 Å². The number of rotatable bonds is 8. The van der Waals surface area contributed by atoms with Crippen molar-refractivity contribution in [3.63, 3.8) is 0 Å². The van der Waals surface area contributed by atoms with E-state index in [1.165, 1.54) is 19.3 Å². The predicted octanol–water partition coefficient (Wildman–Crippen LogP) is 4.06. The molecule has 0 fully saturated rings. The Bertz CT molecular complexity index is 550. The molecule has 0 unspecified atom stereocenters. The van der Waals surface area contributed by atoms with Gasteiger partial charge in [-0.05, 0) is 18.6 Å². The Morgan fingerprint density at radius 2 is 2.14 bits per heavy atom. The molecule has 1 aromatic carbocycles. The summed E-state index contributed by atoms with van der Waals surface area (Å²) < 4.78 is 5.24. The minimum atomic E-state index is -0.0128. The van der Waals surface area contributed by atoms with Gasteiger partial charge in [-0.1, -0.05) is 44.7 Å². The lowest BCUT2D eigenvalue weighted by molar-refractivity contribution is 0.415. The van der Waals surface area contributed by atoms with Crippen LogP contribution in [0, 0.1) is 0 Å². The zero-order valence-corrected chi connectivity index (χ0v) is 12.9. The quantitative estimate of drug-likeness (QED) is 0.720. The molecule has 1 heterocycles. The fourth-order valence-corrected chi connectivity index (χ4v) is 2.38. The van der Waals surface area contributed by atoms with E-state index in [1.807, 2.05) is 30.5 Å². The number of nitrogens with one attached hydrogen (secondary N) is 1. The molecule has 0 spiro atoms. The predicted molar refractivity (Wildman–Crippen MR) is 86.3 cm³/mol. The number of aromatic amines is 1. The molecule has 114 valence electrons. The van der Waals surface area contributed by atoms with Crippen molar-refractivity contribution in [3.8, 4) is 17.0 Å². The Hall–Kier alpha value is -1.81. The first kappa shape index (κ1) is 15.6. The van der Waals surface area contributed by atoms with E-state index in [9.17, 15) is 0 Å². The van der Waals surface area contributed by atoms with E-state index in [-0.39, 0.29) is 6.04 Å². The fraction of sp³-hybridized carbons (Fsp3) is 0.471. The second-order valence-corrected chi connectivity index (χ2v) is 5.36. The standard InChI is InChI=1S/C17H25N3O/c1-3-4-5-6-10-15(18)17-19-12-16(20-17)13-8-7-9-14(11-13)21-2/h7-9,11-12,15H,3-6,10,18H2,1-2H3,(H,19,20)/t15-/m1/s1. The summed E-state index contributed by atoms with van der Waals surface area (Å²) in [5, 5.41) is 0. The normalized spacial score (nSPS) is 12.3. The van der Waals surface area contributed by atoms with Gasteiger partial charge in [0.1, 0.15) is 11.6 Å². The molecular formula is C17H25N3O. The average molecular weight is 287 g/mol. The number of nitrogens with zero attached hydrogens (tertiary/aromatic N) is 1. The average Bonchev–Trinajstić information content (AvgIpc) is 3.01. The van der Waals surface area contributed by atoms with Crippen LogP contribution in [0.2, 0.25) is 0 Å². The zero-order chi connectivity index (χ0) is 15.1. The number of methoxy groups -OCH3 is 1. The maximum atomic E-state index is 6.21. The minimum absolute atomic E-state index is 0.0128. The summed E-state index contributed by atoms with van der Waals surface area (Å²) in [5.74, 6) is 1.70. The molecule has 1 aromatic heterocycles. The molecular weight excluding hydrogens is 262 g/mol. The number of benzene rings is 1. The molecule has 0 aliphatic carbocycles. The Labute approximate surface area is 126 Å². The largest absolute Gasteiger partial charge is 0.497 e. The van der Waals surface area contributed by atoms with E-state index in [2.05, 4.69) is 16.9 Å². The van der Waals surface area contributed by atoms with Crippen LogP contribution in [0.1, 0.15) is 50.9 Å². The third kappa shape index (κ3) is 4.33. The van der Waals surface area contributed by atoms with Crippen molar-refractivity contribution >= 4 is 0 Å². The van der Waals surface area contributed by atoms with Crippen LogP contribution in [-0.4, -0.2) is 17.1 Å². The SMILES string of the molecule is CCCCCC[C@@H](N)c1nc(-c2cccc(OC)c2)c[nH]1. The van der Waals surface area contributed by atoms with Crippen LogP contribution < -0.4 is 10.5 Å². The molecule has 4 heteroatoms. The van der Waals surface area contributed by atoms with E-state index in [4.69, 9.17) is 10.5 Å². The molecule has 0 bridgehead atoms. The number of hydrogen-bond donors (Lipinski definition) is 2. The summed E-state index contributed by atoms with van der Waals surface area (Å²) in [6.45, 7) is 2.22. The third-order valence-electron chi connectivity index (χ3n) is 3.68. The summed E-state index contributed by atoms with van der Waals surface area (Å²) in [5.41, 5.74) is 8.15. The third-order valence-corrected chi connectivity index (χ3v) is 3.68. The van der Waals surface area contributed by atoms with Crippen LogP contribution in [0.15, 0.2) is 30.5 Å². The van der Waals surface area contributed by atoms with E-state index < -0.39 is 0 Å². The molecule has 1 atom stereocenters. The molecule has 0 amide bonds. The smallest absolute Gasteiger partial charge is 0.123 e. The second-order valence-electron chi connectivity index (χ2n) is 5.36. The van der Waals surface area contributed by atoms with Gasteiger partial charge in [0, 0.05) is 11.8 Å². The van der Waals surface area contributed by atoms with E-state index >= 15 is 0 Å². The first-order chi connectivity index (χ1) is 10.2. The van der Waals surface area contributed by atoms with Crippen LogP contribution in [0.3, 0.4) is 0 Å². The van der Waals surface area contributed by atoms with E-state index in [1.54, 1.807) is 7.11 Å². The van der Waals surface area contributed by atoms with Crippen molar-refractivity contribution in [1.82, 2.24) is 9.97 Å². The van der Waals surface area contributed by atoms with Crippen molar-refractivity contribution in [2.45, 2.75) is 45.1 Å². The Kier molecular flexibility index (Phi) is 5.81. The highest BCUT2D eigenvalue weighted by Gasteiger charge is 2.11. The van der Waals surface area contributed by atoms with Gasteiger partial charge >= 0.3 is 0 Å². The monoisotopic (exact) mass is 287 g/mol. The van der Waals surface area contributed by atoms with Gasteiger partial charge in [-0.3, -0.25) is 0 Å². The Morgan fingerprint density at radius 3 is 2.90 bits per heavy atom. The highest BCUT2D eigenvalue weighted by molar-refractivity contribution is 5.60. The van der Waals surface area contributed by atoms with Crippen LogP contribution in [0.25, 0.3) is 11.3 Å². The van der Waals surface area contributed by atoms with Gasteiger partial charge in [0.25, 0.3) is 0 Å². The molecule has 4 nitrogen and oxygen atoms in total. The summed E-state index contributed by atoms with van der Waals surface area (Å²) in [4.78, 5) is 7.82. The number of aromatic nitrogens is 2. The van der Waals surface area contributed by atoms with Crippen molar-refractivity contribution in [3.05, 3.63) is 36.3 Å². The highest BCUT2D eigenvalue weighted by atomic mass is 16.5. The lowest BCUT2D eigenvalue weighted by Gasteiger charge is -2.08. The molecule has 0 aliphatic rings. The molecule has 0 saturated heterocycles. The molecule has 2 aromatic rings. The molecule has 3 N–H and O–H groups in total. The number of imidazole rings is 1. The Morgan fingerprint density at radius 1 is 1.29 bits per heavy atom. The van der Waals surface area contributed by atoms with E-state index in [0.29, 0.717) is 0 Å². The van der Waals surface area contributed by atoms with Gasteiger partial charge in [-0.2, -0.15) is 0 Å². The summed E-state index contributed by atoms with van der Waals surface area (Å²) in [6.07, 6.45) is 7.81. The number of H-pyrrole nitrogens is 1. The summed E-state index contributed by atoms with van der Waals surface area (Å²) in [7, 11) is 1.67. The molecule has 21 heavy (non-hydrogen) atoms. The fourth-order valence-electron chi connectivity index (χ4n) is 2.38. The number of hydrogen-bond acceptors (Lipinski definition) is 3. The number of unbranched alkanes of at least 4 members (excludes halogenated alkanes) is 3. The highest BCUT2D eigenvalue weighted by Crippen LogP contribution is 2.24. The molecule has 0 radical (unpaired) electrons. The molecule has 0 saturated carbocycles. The lowest BCUT2D eigenvalue weighted by atomic mass is 10.1. The van der Waals surface area contributed by atoms with Crippen LogP contribution >= 0.6 is 0 Å². The van der Waals surface area contributed by atoms with Crippen molar-refractivity contribution in [2.75, 3.05) is 7.11 Å². The van der Waals surface area contributed by atoms with Gasteiger partial charge in [0.05, 0.1) is 18.8 Å². The van der Waals surface area contributed by atoms with E-state index in [0.717, 1.165) is 35.7 Å². The van der Waals surface area contributed by atoms with Gasteiger partial charge in [-0.15, -0.1) is 0 Å². The lowest BCUT2D eigenvalue weighted by Crippen LogP contribution is -2.11. The van der Waals surface area contributed by atoms with Gasteiger partial charge in [-0.25, -0.2) is 4.98 Å². The summed E-state index contributed by atoms with van der Waals surface area (Å²) >= 11 is 0. The van der Waals surface area contributed by atoms with Gasteiger partial charge in [0.15, 0.2) is 0 Å².